The standard InChI is InChI=1S/C9H13N3O4S/c13-9(14)6-2-1-3-7(6)12-17(15,16)8-4-5-10-11-8/h4-7,12H,1-3H2,(H,10,11)(H,13,14). The molecule has 0 bridgehead atoms. The van der Waals surface area contributed by atoms with Crippen LogP contribution in [0.15, 0.2) is 17.3 Å². The summed E-state index contributed by atoms with van der Waals surface area (Å²) in [5.41, 5.74) is 0. The van der Waals surface area contributed by atoms with Crippen LogP contribution in [-0.2, 0) is 14.8 Å². The second-order valence-electron chi connectivity index (χ2n) is 4.02. The van der Waals surface area contributed by atoms with E-state index >= 15 is 0 Å². The van der Waals surface area contributed by atoms with Crippen LogP contribution in [0.2, 0.25) is 0 Å². The van der Waals surface area contributed by atoms with E-state index in [1.165, 1.54) is 12.3 Å². The van der Waals surface area contributed by atoms with Gasteiger partial charge in [0.1, 0.15) is 0 Å². The summed E-state index contributed by atoms with van der Waals surface area (Å²) in [6, 6.07) is 0.786. The Balaban J connectivity index is 2.14. The molecule has 1 aromatic rings. The van der Waals surface area contributed by atoms with Crippen LogP contribution < -0.4 is 4.72 Å². The Kier molecular flexibility index (Phi) is 3.16. The zero-order valence-electron chi connectivity index (χ0n) is 8.96. The molecule has 0 aliphatic heterocycles. The highest BCUT2D eigenvalue weighted by Gasteiger charge is 2.36. The first-order valence-corrected chi connectivity index (χ1v) is 6.73. The number of nitrogens with zero attached hydrogens (tertiary/aromatic N) is 1. The van der Waals surface area contributed by atoms with Crippen molar-refractivity contribution in [3.05, 3.63) is 12.3 Å². The third kappa shape index (κ3) is 2.47. The fraction of sp³-hybridized carbons (Fsp3) is 0.556. The molecular weight excluding hydrogens is 246 g/mol. The molecule has 1 aromatic heterocycles. The van der Waals surface area contributed by atoms with Crippen molar-refractivity contribution in [3.63, 3.8) is 0 Å². The van der Waals surface area contributed by atoms with E-state index in [1.54, 1.807) is 0 Å². The predicted molar refractivity (Wildman–Crippen MR) is 57.7 cm³/mol. The topological polar surface area (TPSA) is 112 Å². The molecule has 1 aliphatic rings. The maximum Gasteiger partial charge on any atom is 0.308 e. The summed E-state index contributed by atoms with van der Waals surface area (Å²) in [6.07, 6.45) is 3.10. The van der Waals surface area contributed by atoms with Crippen LogP contribution in [0.1, 0.15) is 19.3 Å². The van der Waals surface area contributed by atoms with Gasteiger partial charge in [0.05, 0.1) is 12.1 Å². The van der Waals surface area contributed by atoms with Crippen molar-refractivity contribution in [1.29, 1.82) is 0 Å². The lowest BCUT2D eigenvalue weighted by Gasteiger charge is -2.16. The van der Waals surface area contributed by atoms with Gasteiger partial charge in [-0.25, -0.2) is 13.1 Å². The Morgan fingerprint density at radius 2 is 2.29 bits per heavy atom. The molecule has 17 heavy (non-hydrogen) atoms. The van der Waals surface area contributed by atoms with Gasteiger partial charge in [0, 0.05) is 6.04 Å². The van der Waals surface area contributed by atoms with Crippen molar-refractivity contribution in [1.82, 2.24) is 14.9 Å². The second-order valence-corrected chi connectivity index (χ2v) is 5.71. The van der Waals surface area contributed by atoms with Gasteiger partial charge in [-0.3, -0.25) is 9.89 Å². The number of aliphatic carboxylic acids is 1. The first kappa shape index (κ1) is 12.1. The Morgan fingerprint density at radius 1 is 1.53 bits per heavy atom. The number of aromatic nitrogens is 2. The minimum absolute atomic E-state index is 0.0476. The highest BCUT2D eigenvalue weighted by molar-refractivity contribution is 7.89. The minimum atomic E-state index is -3.70. The molecule has 2 atom stereocenters. The highest BCUT2D eigenvalue weighted by Crippen LogP contribution is 2.27. The molecule has 94 valence electrons. The Hall–Kier alpha value is -1.41. The molecule has 2 rings (SSSR count). The van der Waals surface area contributed by atoms with Gasteiger partial charge in [-0.2, -0.15) is 5.10 Å². The summed E-state index contributed by atoms with van der Waals surface area (Å²) < 4.78 is 26.1. The number of carboxylic acids is 1. The summed E-state index contributed by atoms with van der Waals surface area (Å²) in [7, 11) is -3.70. The molecule has 8 heteroatoms. The summed E-state index contributed by atoms with van der Waals surface area (Å²) in [5, 5.41) is 14.8. The molecular formula is C9H13N3O4S. The zero-order chi connectivity index (χ0) is 12.5. The number of aromatic amines is 1. The minimum Gasteiger partial charge on any atom is -0.481 e. The van der Waals surface area contributed by atoms with Crippen molar-refractivity contribution in [3.8, 4) is 0 Å². The third-order valence-corrected chi connectivity index (χ3v) is 4.32. The molecule has 2 unspecified atom stereocenters. The van der Waals surface area contributed by atoms with Crippen LogP contribution >= 0.6 is 0 Å². The van der Waals surface area contributed by atoms with Crippen LogP contribution in [0.3, 0.4) is 0 Å². The first-order valence-electron chi connectivity index (χ1n) is 5.25. The monoisotopic (exact) mass is 259 g/mol. The molecule has 0 spiro atoms. The highest BCUT2D eigenvalue weighted by atomic mass is 32.2. The van der Waals surface area contributed by atoms with Gasteiger partial charge in [0.2, 0.25) is 0 Å². The van der Waals surface area contributed by atoms with Crippen LogP contribution in [0.4, 0.5) is 0 Å². The van der Waals surface area contributed by atoms with Crippen molar-refractivity contribution in [2.45, 2.75) is 30.3 Å². The van der Waals surface area contributed by atoms with Gasteiger partial charge in [-0.1, -0.05) is 6.42 Å². The number of carboxylic acid groups (broad SMARTS) is 1. The van der Waals surface area contributed by atoms with Crippen LogP contribution in [0.25, 0.3) is 0 Å². The van der Waals surface area contributed by atoms with E-state index in [4.69, 9.17) is 5.11 Å². The quantitative estimate of drug-likeness (QED) is 0.701. The Morgan fingerprint density at radius 3 is 2.88 bits per heavy atom. The zero-order valence-corrected chi connectivity index (χ0v) is 9.77. The van der Waals surface area contributed by atoms with E-state index in [-0.39, 0.29) is 5.03 Å². The Labute approximate surface area is 98.3 Å². The van der Waals surface area contributed by atoms with Crippen LogP contribution in [-0.4, -0.2) is 35.7 Å². The molecule has 0 amide bonds. The number of rotatable bonds is 4. The predicted octanol–water partition coefficient (Wildman–Crippen LogP) is -0.0587. The summed E-state index contributed by atoms with van der Waals surface area (Å²) in [4.78, 5) is 10.9. The first-order chi connectivity index (χ1) is 8.00. The second kappa shape index (κ2) is 4.46. The smallest absolute Gasteiger partial charge is 0.308 e. The lowest BCUT2D eigenvalue weighted by molar-refractivity contribution is -0.141. The van der Waals surface area contributed by atoms with Crippen LogP contribution in [0, 0.1) is 5.92 Å². The Bertz CT molecular complexity index is 496. The number of carbonyl (C=O) groups is 1. The number of sulfonamides is 1. The average Bonchev–Trinajstić information content (AvgIpc) is 2.85. The molecule has 1 fully saturated rings. The number of hydrogen-bond acceptors (Lipinski definition) is 4. The fourth-order valence-corrected chi connectivity index (χ4v) is 3.27. The van der Waals surface area contributed by atoms with E-state index in [0.29, 0.717) is 19.3 Å². The van der Waals surface area contributed by atoms with E-state index < -0.39 is 28.0 Å². The summed E-state index contributed by atoms with van der Waals surface area (Å²) in [6.45, 7) is 0. The molecule has 0 radical (unpaired) electrons. The van der Waals surface area contributed by atoms with Crippen molar-refractivity contribution in [2.75, 3.05) is 0 Å². The largest absolute Gasteiger partial charge is 0.481 e. The summed E-state index contributed by atoms with van der Waals surface area (Å²) >= 11 is 0. The molecule has 3 N–H and O–H groups in total. The molecule has 1 heterocycles. The number of nitrogens with one attached hydrogen (secondary N) is 2. The van der Waals surface area contributed by atoms with Crippen molar-refractivity contribution < 1.29 is 18.3 Å². The van der Waals surface area contributed by atoms with Gasteiger partial charge in [0.25, 0.3) is 10.0 Å². The summed E-state index contributed by atoms with van der Waals surface area (Å²) in [5.74, 6) is -1.60. The lowest BCUT2D eigenvalue weighted by atomic mass is 10.1. The lowest BCUT2D eigenvalue weighted by Crippen LogP contribution is -2.40. The van der Waals surface area contributed by atoms with E-state index in [0.717, 1.165) is 0 Å². The van der Waals surface area contributed by atoms with Gasteiger partial charge in [0.15, 0.2) is 5.03 Å². The van der Waals surface area contributed by atoms with Gasteiger partial charge < -0.3 is 5.11 Å². The van der Waals surface area contributed by atoms with E-state index in [9.17, 15) is 13.2 Å². The number of H-pyrrole nitrogens is 1. The van der Waals surface area contributed by atoms with Crippen LogP contribution in [0.5, 0.6) is 0 Å². The third-order valence-electron chi connectivity index (χ3n) is 2.90. The molecule has 0 aromatic carbocycles. The number of hydrogen-bond donors (Lipinski definition) is 3. The normalized spacial score (nSPS) is 24.9. The SMILES string of the molecule is O=C(O)C1CCCC1NS(=O)(=O)c1ccn[nH]1. The van der Waals surface area contributed by atoms with Gasteiger partial charge in [-0.15, -0.1) is 0 Å². The van der Waals surface area contributed by atoms with Gasteiger partial charge in [-0.05, 0) is 18.9 Å². The molecule has 1 saturated carbocycles. The van der Waals surface area contributed by atoms with Crippen molar-refractivity contribution >= 4 is 16.0 Å². The molecule has 7 nitrogen and oxygen atoms in total. The maximum atomic E-state index is 11.8. The van der Waals surface area contributed by atoms with E-state index in [1.807, 2.05) is 0 Å². The van der Waals surface area contributed by atoms with Gasteiger partial charge >= 0.3 is 5.97 Å². The van der Waals surface area contributed by atoms with Crippen molar-refractivity contribution in [2.24, 2.45) is 5.92 Å². The average molecular weight is 259 g/mol. The molecule has 0 saturated heterocycles. The van der Waals surface area contributed by atoms with E-state index in [2.05, 4.69) is 14.9 Å². The fourth-order valence-electron chi connectivity index (χ4n) is 2.05. The molecule has 1 aliphatic carbocycles. The maximum absolute atomic E-state index is 11.8.